The highest BCUT2D eigenvalue weighted by Gasteiger charge is 2.32. The number of hydrogen-bond donors (Lipinski definition) is 2. The minimum Gasteiger partial charge on any atom is -0.364 e. The minimum atomic E-state index is -4.57. The van der Waals surface area contributed by atoms with Gasteiger partial charge in [0, 0.05) is 0 Å². The summed E-state index contributed by atoms with van der Waals surface area (Å²) >= 11 is 0. The van der Waals surface area contributed by atoms with Crippen LogP contribution < -0.4 is 11.1 Å². The van der Waals surface area contributed by atoms with Gasteiger partial charge in [-0.2, -0.15) is 13.2 Å². The van der Waals surface area contributed by atoms with E-state index in [1.54, 1.807) is 0 Å². The van der Waals surface area contributed by atoms with E-state index in [-0.39, 0.29) is 22.9 Å². The molecule has 138 valence electrons. The SMILES string of the molecule is NC(=O)c1cncn1-c1cccc(C(=O)Nc2ccc(C(F)(F)F)nc2)n1. The van der Waals surface area contributed by atoms with Gasteiger partial charge in [0.05, 0.1) is 18.1 Å². The Balaban J connectivity index is 1.82. The van der Waals surface area contributed by atoms with Crippen molar-refractivity contribution in [3.63, 3.8) is 0 Å². The fourth-order valence-electron chi connectivity index (χ4n) is 2.17. The average molecular weight is 376 g/mol. The standard InChI is InChI=1S/C16H11F3N6O2/c17-16(18,19)12-5-4-9(6-22-12)23-15(27)10-2-1-3-13(24-10)25-8-21-7-11(25)14(20)26/h1-8H,(H2,20,26)(H,23,27). The molecule has 0 bridgehead atoms. The molecule has 0 radical (unpaired) electrons. The zero-order valence-electron chi connectivity index (χ0n) is 13.4. The molecule has 0 aliphatic carbocycles. The third kappa shape index (κ3) is 3.92. The van der Waals surface area contributed by atoms with E-state index in [1.165, 1.54) is 35.3 Å². The van der Waals surface area contributed by atoms with E-state index in [2.05, 4.69) is 20.3 Å². The first-order valence-electron chi connectivity index (χ1n) is 7.40. The molecule has 0 unspecified atom stereocenters. The lowest BCUT2D eigenvalue weighted by Gasteiger charge is -2.09. The number of nitrogens with zero attached hydrogens (tertiary/aromatic N) is 4. The second-order valence-electron chi connectivity index (χ2n) is 5.28. The molecule has 0 saturated carbocycles. The molecule has 3 heterocycles. The number of rotatable bonds is 4. The van der Waals surface area contributed by atoms with Gasteiger partial charge in [-0.3, -0.25) is 14.2 Å². The summed E-state index contributed by atoms with van der Waals surface area (Å²) in [5, 5.41) is 2.40. The molecule has 0 spiro atoms. The van der Waals surface area contributed by atoms with Crippen molar-refractivity contribution in [3.8, 4) is 5.82 Å². The summed E-state index contributed by atoms with van der Waals surface area (Å²) in [6.45, 7) is 0. The zero-order valence-corrected chi connectivity index (χ0v) is 13.4. The van der Waals surface area contributed by atoms with Crippen LogP contribution in [0.5, 0.6) is 0 Å². The third-order valence-corrected chi connectivity index (χ3v) is 3.42. The normalized spacial score (nSPS) is 11.2. The van der Waals surface area contributed by atoms with Crippen molar-refractivity contribution in [2.24, 2.45) is 5.73 Å². The van der Waals surface area contributed by atoms with E-state index < -0.39 is 23.7 Å². The first-order chi connectivity index (χ1) is 12.8. The van der Waals surface area contributed by atoms with Crippen LogP contribution in [0.1, 0.15) is 26.7 Å². The second-order valence-corrected chi connectivity index (χ2v) is 5.28. The van der Waals surface area contributed by atoms with Gasteiger partial charge >= 0.3 is 6.18 Å². The molecule has 8 nitrogen and oxygen atoms in total. The molecule has 0 saturated heterocycles. The Morgan fingerprint density at radius 3 is 2.52 bits per heavy atom. The third-order valence-electron chi connectivity index (χ3n) is 3.42. The smallest absolute Gasteiger partial charge is 0.364 e. The van der Waals surface area contributed by atoms with Crippen LogP contribution in [0.25, 0.3) is 5.82 Å². The monoisotopic (exact) mass is 376 g/mol. The zero-order chi connectivity index (χ0) is 19.6. The van der Waals surface area contributed by atoms with Crippen molar-refractivity contribution < 1.29 is 22.8 Å². The number of nitrogens with one attached hydrogen (secondary N) is 1. The lowest BCUT2D eigenvalue weighted by Crippen LogP contribution is -2.18. The topological polar surface area (TPSA) is 116 Å². The highest BCUT2D eigenvalue weighted by Crippen LogP contribution is 2.27. The fourth-order valence-corrected chi connectivity index (χ4v) is 2.17. The van der Waals surface area contributed by atoms with E-state index in [4.69, 9.17) is 5.73 Å². The van der Waals surface area contributed by atoms with E-state index >= 15 is 0 Å². The second kappa shape index (κ2) is 6.86. The molecule has 3 aromatic rings. The van der Waals surface area contributed by atoms with Crippen LogP contribution in [0.4, 0.5) is 18.9 Å². The summed E-state index contributed by atoms with van der Waals surface area (Å²) in [5.41, 5.74) is 4.29. The maximum Gasteiger partial charge on any atom is 0.433 e. The van der Waals surface area contributed by atoms with Gasteiger partial charge < -0.3 is 11.1 Å². The quantitative estimate of drug-likeness (QED) is 0.723. The van der Waals surface area contributed by atoms with Gasteiger partial charge in [0.25, 0.3) is 11.8 Å². The highest BCUT2D eigenvalue weighted by molar-refractivity contribution is 6.02. The summed E-state index contributed by atoms with van der Waals surface area (Å²) in [5.74, 6) is -1.17. The predicted octanol–water partition coefficient (Wildman–Crippen LogP) is 2.03. The summed E-state index contributed by atoms with van der Waals surface area (Å²) in [7, 11) is 0. The van der Waals surface area contributed by atoms with Gasteiger partial charge in [-0.15, -0.1) is 0 Å². The van der Waals surface area contributed by atoms with Crippen LogP contribution >= 0.6 is 0 Å². The fraction of sp³-hybridized carbons (Fsp3) is 0.0625. The molecular formula is C16H11F3N6O2. The van der Waals surface area contributed by atoms with E-state index in [1.807, 2.05) is 0 Å². The molecule has 0 aromatic carbocycles. The van der Waals surface area contributed by atoms with Crippen LogP contribution in [0, 0.1) is 0 Å². The van der Waals surface area contributed by atoms with Gasteiger partial charge in [-0.1, -0.05) is 6.07 Å². The number of alkyl halides is 3. The largest absolute Gasteiger partial charge is 0.433 e. The maximum absolute atomic E-state index is 12.5. The van der Waals surface area contributed by atoms with E-state index in [0.29, 0.717) is 0 Å². The van der Waals surface area contributed by atoms with Crippen molar-refractivity contribution in [1.82, 2.24) is 19.5 Å². The number of anilines is 1. The molecule has 0 atom stereocenters. The number of imidazole rings is 1. The lowest BCUT2D eigenvalue weighted by atomic mass is 10.3. The Labute approximate surface area is 149 Å². The van der Waals surface area contributed by atoms with Crippen molar-refractivity contribution in [1.29, 1.82) is 0 Å². The first-order valence-corrected chi connectivity index (χ1v) is 7.40. The van der Waals surface area contributed by atoms with Crippen LogP contribution in [0.3, 0.4) is 0 Å². The number of aromatic nitrogens is 4. The number of carbonyl (C=O) groups excluding carboxylic acids is 2. The van der Waals surface area contributed by atoms with Gasteiger partial charge in [-0.25, -0.2) is 15.0 Å². The number of carbonyl (C=O) groups is 2. The van der Waals surface area contributed by atoms with Crippen molar-refractivity contribution in [3.05, 3.63) is 66.1 Å². The van der Waals surface area contributed by atoms with E-state index in [0.717, 1.165) is 18.3 Å². The van der Waals surface area contributed by atoms with Gasteiger partial charge in [-0.05, 0) is 24.3 Å². The molecule has 3 rings (SSSR count). The maximum atomic E-state index is 12.5. The Hall–Kier alpha value is -3.76. The van der Waals surface area contributed by atoms with Crippen LogP contribution in [0.15, 0.2) is 49.1 Å². The summed E-state index contributed by atoms with van der Waals surface area (Å²) in [6, 6.07) is 6.29. The number of pyridine rings is 2. The molecule has 0 fully saturated rings. The molecule has 3 aromatic heterocycles. The van der Waals surface area contributed by atoms with Crippen molar-refractivity contribution >= 4 is 17.5 Å². The Bertz CT molecular complexity index is 998. The number of amides is 2. The summed E-state index contributed by atoms with van der Waals surface area (Å²) in [4.78, 5) is 34.9. The highest BCUT2D eigenvalue weighted by atomic mass is 19.4. The number of primary amides is 1. The number of hydrogen-bond acceptors (Lipinski definition) is 5. The molecular weight excluding hydrogens is 365 g/mol. The summed E-state index contributed by atoms with van der Waals surface area (Å²) < 4.78 is 38.9. The first kappa shape index (κ1) is 18.0. The summed E-state index contributed by atoms with van der Waals surface area (Å²) in [6.07, 6.45) is -1.11. The molecule has 2 amide bonds. The molecule has 27 heavy (non-hydrogen) atoms. The van der Waals surface area contributed by atoms with Crippen molar-refractivity contribution in [2.75, 3.05) is 5.32 Å². The van der Waals surface area contributed by atoms with Crippen LogP contribution in [-0.4, -0.2) is 31.3 Å². The number of nitrogens with two attached hydrogens (primary N) is 1. The molecule has 0 aliphatic rings. The Kier molecular flexibility index (Phi) is 4.59. The van der Waals surface area contributed by atoms with Gasteiger partial charge in [0.1, 0.15) is 29.2 Å². The van der Waals surface area contributed by atoms with Gasteiger partial charge in [0.15, 0.2) is 0 Å². The lowest BCUT2D eigenvalue weighted by molar-refractivity contribution is -0.141. The molecule has 3 N–H and O–H groups in total. The number of halogens is 3. The molecule has 0 aliphatic heterocycles. The molecule has 11 heteroatoms. The van der Waals surface area contributed by atoms with Gasteiger partial charge in [0.2, 0.25) is 0 Å². The van der Waals surface area contributed by atoms with E-state index in [9.17, 15) is 22.8 Å². The van der Waals surface area contributed by atoms with Crippen LogP contribution in [-0.2, 0) is 6.18 Å². The Morgan fingerprint density at radius 1 is 1.11 bits per heavy atom. The average Bonchev–Trinajstić information content (AvgIpc) is 3.11. The van der Waals surface area contributed by atoms with Crippen molar-refractivity contribution in [2.45, 2.75) is 6.18 Å². The minimum absolute atomic E-state index is 0.0310. The predicted molar refractivity (Wildman–Crippen MR) is 87.1 cm³/mol. The van der Waals surface area contributed by atoms with Crippen LogP contribution in [0.2, 0.25) is 0 Å². The Morgan fingerprint density at radius 2 is 1.89 bits per heavy atom.